The molecule has 1 aliphatic rings. The molecule has 4 rings (SSSR count). The number of ether oxygens (including phenoxy) is 1. The number of nitrogen functional groups attached to an aromatic ring is 1. The van der Waals surface area contributed by atoms with E-state index < -0.39 is 37.1 Å². The predicted octanol–water partition coefficient (Wildman–Crippen LogP) is 5.08. The fourth-order valence-corrected chi connectivity index (χ4v) is 12.8. The number of nitrogens with zero attached hydrogens (tertiary/aromatic N) is 4. The molecule has 0 amide bonds. The Hall–Kier alpha value is -2.14. The number of halogens is 1. The highest BCUT2D eigenvalue weighted by atomic mass is 32.2. The van der Waals surface area contributed by atoms with Crippen molar-refractivity contribution < 1.29 is 26.2 Å². The summed E-state index contributed by atoms with van der Waals surface area (Å²) in [4.78, 5) is 8.92. The van der Waals surface area contributed by atoms with Crippen LogP contribution in [0.5, 0.6) is 0 Å². The molecule has 15 heteroatoms. The molecule has 0 unspecified atom stereocenters. The van der Waals surface area contributed by atoms with Crippen molar-refractivity contribution in [3.8, 4) is 0 Å². The van der Waals surface area contributed by atoms with E-state index in [9.17, 15) is 12.8 Å². The minimum Gasteiger partial charge on any atom is -0.410 e. The number of rotatable bonds is 11. The lowest BCUT2D eigenvalue weighted by molar-refractivity contribution is -0.0400. The lowest BCUT2D eigenvalue weighted by Crippen LogP contribution is -2.52. The zero-order valence-electron chi connectivity index (χ0n) is 24.4. The van der Waals surface area contributed by atoms with Gasteiger partial charge in [-0.1, -0.05) is 59.4 Å². The Morgan fingerprint density at radius 2 is 1.83 bits per heavy atom. The molecule has 3 atom stereocenters. The van der Waals surface area contributed by atoms with Crippen molar-refractivity contribution in [2.24, 2.45) is 5.14 Å². The average molecular weight is 627 g/mol. The van der Waals surface area contributed by atoms with Crippen molar-refractivity contribution in [1.29, 1.82) is 0 Å². The van der Waals surface area contributed by atoms with Crippen molar-refractivity contribution in [2.75, 3.05) is 12.3 Å². The summed E-state index contributed by atoms with van der Waals surface area (Å²) in [7, 11) is -6.61. The molecule has 3 aromatic rings. The minimum absolute atomic E-state index is 0.196. The average Bonchev–Trinajstić information content (AvgIpc) is 3.43. The number of hydrogen-bond donors (Lipinski definition) is 2. The molecule has 4 N–H and O–H groups in total. The van der Waals surface area contributed by atoms with E-state index in [1.54, 1.807) is 10.7 Å². The molecule has 1 fully saturated rings. The Bertz CT molecular complexity index is 1480. The molecule has 41 heavy (non-hydrogen) atoms. The van der Waals surface area contributed by atoms with Gasteiger partial charge in [0.1, 0.15) is 29.1 Å². The van der Waals surface area contributed by atoms with E-state index in [-0.39, 0.29) is 34.9 Å². The zero-order chi connectivity index (χ0) is 30.3. The van der Waals surface area contributed by atoms with Crippen LogP contribution in [0.15, 0.2) is 34.4 Å². The normalized spacial score (nSPS) is 20.2. The third-order valence-electron chi connectivity index (χ3n) is 7.69. The number of nitrogens with two attached hydrogens (primary N) is 2. The Kier molecular flexibility index (Phi) is 9.48. The van der Waals surface area contributed by atoms with Gasteiger partial charge < -0.3 is 14.9 Å². The van der Waals surface area contributed by atoms with Gasteiger partial charge in [0.15, 0.2) is 11.9 Å². The molecule has 0 saturated carbocycles. The van der Waals surface area contributed by atoms with Gasteiger partial charge >= 0.3 is 10.3 Å². The van der Waals surface area contributed by atoms with Crippen LogP contribution in [0.3, 0.4) is 0 Å². The van der Waals surface area contributed by atoms with Gasteiger partial charge in [0, 0.05) is 11.3 Å². The van der Waals surface area contributed by atoms with Crippen LogP contribution >= 0.6 is 11.8 Å². The first-order valence-electron chi connectivity index (χ1n) is 13.6. The highest BCUT2D eigenvalue weighted by Crippen LogP contribution is 2.46. The highest BCUT2D eigenvalue weighted by Gasteiger charge is 2.50. The van der Waals surface area contributed by atoms with E-state index in [0.717, 1.165) is 17.3 Å². The van der Waals surface area contributed by atoms with Crippen LogP contribution in [0.1, 0.15) is 59.8 Å². The first-order valence-corrected chi connectivity index (χ1v) is 18.0. The molecule has 1 aliphatic heterocycles. The number of fused-ring (bicyclic) bond motifs is 1. The summed E-state index contributed by atoms with van der Waals surface area (Å²) in [5, 5.41) is 10.8. The van der Waals surface area contributed by atoms with Gasteiger partial charge in [0.05, 0.1) is 18.1 Å². The van der Waals surface area contributed by atoms with Gasteiger partial charge in [-0.3, -0.25) is 4.18 Å². The molecule has 1 aromatic carbocycles. The molecule has 1 saturated heterocycles. The lowest BCUT2D eigenvalue weighted by atomic mass is 10.2. The molecule has 226 valence electrons. The summed E-state index contributed by atoms with van der Waals surface area (Å²) in [5.41, 5.74) is 8.30. The maximum Gasteiger partial charge on any atom is 0.333 e. The van der Waals surface area contributed by atoms with Crippen LogP contribution in [0, 0.1) is 12.7 Å². The molecule has 0 bridgehead atoms. The highest BCUT2D eigenvalue weighted by molar-refractivity contribution is 7.99. The van der Waals surface area contributed by atoms with Crippen LogP contribution in [-0.2, 0) is 23.7 Å². The molecular formula is C26H39FN6O5S2Si. The number of anilines is 1. The standard InChI is InChI=1S/C26H39FN6O5S2Si/c1-14(2)41(15(3)4,16(5)6)38-19-11-22(37-20(19)12-36-40(29,34)35)33-25-23(24(28)30-13-31-25)26(32-33)39-21-9-8-17(7)10-18(21)27/h8-10,13-16,19-20,22H,11-12H2,1-7H3,(H2,28,30,31)(H2,29,34,35)/t19-,20-,22-/m1/s1. The van der Waals surface area contributed by atoms with E-state index in [0.29, 0.717) is 27.4 Å². The van der Waals surface area contributed by atoms with Crippen LogP contribution in [0.25, 0.3) is 11.0 Å². The van der Waals surface area contributed by atoms with Gasteiger partial charge in [-0.05, 0) is 41.2 Å². The lowest BCUT2D eigenvalue weighted by Gasteiger charge is -2.44. The molecule has 0 radical (unpaired) electrons. The second-order valence-corrected chi connectivity index (χ2v) is 19.0. The number of benzene rings is 1. The van der Waals surface area contributed by atoms with Crippen molar-refractivity contribution >= 4 is 47.2 Å². The Morgan fingerprint density at radius 3 is 2.41 bits per heavy atom. The van der Waals surface area contributed by atoms with Gasteiger partial charge in [0.25, 0.3) is 0 Å². The number of aromatic nitrogens is 4. The fraction of sp³-hybridized carbons (Fsp3) is 0.577. The number of aryl methyl sites for hydroxylation is 1. The van der Waals surface area contributed by atoms with Gasteiger partial charge in [0.2, 0.25) is 8.32 Å². The topological polar surface area (TPSA) is 157 Å². The molecule has 0 spiro atoms. The maximum atomic E-state index is 14.8. The summed E-state index contributed by atoms with van der Waals surface area (Å²) < 4.78 is 58.1. The summed E-state index contributed by atoms with van der Waals surface area (Å²) in [6.07, 6.45) is -0.254. The van der Waals surface area contributed by atoms with Crippen LogP contribution < -0.4 is 10.9 Å². The van der Waals surface area contributed by atoms with E-state index in [4.69, 9.17) is 29.3 Å². The van der Waals surface area contributed by atoms with E-state index in [1.165, 1.54) is 12.4 Å². The Balaban J connectivity index is 1.74. The van der Waals surface area contributed by atoms with E-state index >= 15 is 0 Å². The first-order chi connectivity index (χ1) is 19.1. The van der Waals surface area contributed by atoms with Crippen molar-refractivity contribution in [3.05, 3.63) is 35.9 Å². The van der Waals surface area contributed by atoms with Crippen molar-refractivity contribution in [2.45, 2.75) is 99.9 Å². The predicted molar refractivity (Wildman–Crippen MR) is 159 cm³/mol. The zero-order valence-corrected chi connectivity index (χ0v) is 27.0. The van der Waals surface area contributed by atoms with Crippen LogP contribution in [-0.4, -0.2) is 55.3 Å². The van der Waals surface area contributed by atoms with E-state index in [2.05, 4.69) is 51.5 Å². The summed E-state index contributed by atoms with van der Waals surface area (Å²) in [6.45, 7) is 14.5. The van der Waals surface area contributed by atoms with Crippen molar-refractivity contribution in [3.63, 3.8) is 0 Å². The monoisotopic (exact) mass is 626 g/mol. The third-order valence-corrected chi connectivity index (χ3v) is 15.3. The maximum absolute atomic E-state index is 14.8. The molecular weight excluding hydrogens is 588 g/mol. The fourth-order valence-electron chi connectivity index (χ4n) is 5.98. The SMILES string of the molecule is Cc1ccc(Sc2nn([C@H]3C[C@@H](O[Si](C(C)C)(C(C)C)C(C)C)[C@@H](COS(N)(=O)=O)O3)c3ncnc(N)c23)c(F)c1. The van der Waals surface area contributed by atoms with E-state index in [1.807, 2.05) is 13.0 Å². The van der Waals surface area contributed by atoms with Gasteiger partial charge in [-0.25, -0.2) is 24.2 Å². The number of hydrogen-bond acceptors (Lipinski definition) is 10. The van der Waals surface area contributed by atoms with Gasteiger partial charge in [-0.15, -0.1) is 0 Å². The largest absolute Gasteiger partial charge is 0.410 e. The minimum atomic E-state index is -4.21. The molecule has 2 aromatic heterocycles. The smallest absolute Gasteiger partial charge is 0.333 e. The molecule has 3 heterocycles. The third kappa shape index (κ3) is 6.60. The summed E-state index contributed by atoms with van der Waals surface area (Å²) in [6, 6.07) is 4.95. The van der Waals surface area contributed by atoms with Crippen LogP contribution in [0.2, 0.25) is 16.6 Å². The van der Waals surface area contributed by atoms with Crippen LogP contribution in [0.4, 0.5) is 10.2 Å². The molecule has 11 nitrogen and oxygen atoms in total. The second kappa shape index (κ2) is 12.2. The summed E-state index contributed by atoms with van der Waals surface area (Å²) >= 11 is 1.12. The van der Waals surface area contributed by atoms with Crippen molar-refractivity contribution in [1.82, 2.24) is 19.7 Å². The Morgan fingerprint density at radius 1 is 1.17 bits per heavy atom. The first kappa shape index (κ1) is 31.8. The quantitative estimate of drug-likeness (QED) is 0.275. The molecule has 0 aliphatic carbocycles. The second-order valence-electron chi connectivity index (χ2n) is 11.4. The summed E-state index contributed by atoms with van der Waals surface area (Å²) in [5.74, 6) is -0.182. The Labute approximate surface area is 245 Å². The van der Waals surface area contributed by atoms with Gasteiger partial charge in [-0.2, -0.15) is 13.5 Å².